The van der Waals surface area contributed by atoms with Gasteiger partial charge < -0.3 is 25.2 Å². The Kier molecular flexibility index (Phi) is 8.57. The molecule has 2 N–H and O–H groups in total. The summed E-state index contributed by atoms with van der Waals surface area (Å²) >= 11 is 0. The molecule has 41 heavy (non-hydrogen) atoms. The molecule has 13 heteroatoms. The van der Waals surface area contributed by atoms with Gasteiger partial charge in [0.1, 0.15) is 17.8 Å². The number of para-hydroxylation sites is 3. The molecule has 1 aromatic heterocycles. The minimum atomic E-state index is -3.73. The molecule has 0 radical (unpaired) electrons. The number of ether oxygens (including phenoxy) is 1. The highest BCUT2D eigenvalue weighted by atomic mass is 32.2. The fourth-order valence-corrected chi connectivity index (χ4v) is 5.39. The SMILES string of the molecule is COC(=O)N[C@@H](C)C(=O)N[C@@H]1C(=O)N(Cc2ccnc3ccccc23)c2ccccc2N(C(=O)CS(C)(=O)=O)[C@H]1C. The van der Waals surface area contributed by atoms with Crippen LogP contribution in [0.15, 0.2) is 60.8 Å². The molecule has 0 spiro atoms. The van der Waals surface area contributed by atoms with Crippen LogP contribution in [0.25, 0.3) is 10.9 Å². The number of benzene rings is 2. The second kappa shape index (κ2) is 11.9. The molecule has 12 nitrogen and oxygen atoms in total. The maximum atomic E-state index is 14.3. The molecule has 0 fully saturated rings. The van der Waals surface area contributed by atoms with E-state index < -0.39 is 57.5 Å². The summed E-state index contributed by atoms with van der Waals surface area (Å²) in [7, 11) is -2.57. The minimum absolute atomic E-state index is 0.0715. The molecule has 0 aliphatic carbocycles. The van der Waals surface area contributed by atoms with Gasteiger partial charge in [0.2, 0.25) is 11.8 Å². The van der Waals surface area contributed by atoms with E-state index >= 15 is 0 Å². The third-order valence-electron chi connectivity index (χ3n) is 6.79. The Hall–Kier alpha value is -4.52. The quantitative estimate of drug-likeness (QED) is 0.428. The van der Waals surface area contributed by atoms with Crippen molar-refractivity contribution >= 4 is 55.9 Å². The molecule has 0 saturated carbocycles. The van der Waals surface area contributed by atoms with Crippen LogP contribution in [0.2, 0.25) is 0 Å². The van der Waals surface area contributed by atoms with Crippen molar-refractivity contribution in [1.29, 1.82) is 0 Å². The molecular formula is C28H31N5O7S. The summed E-state index contributed by atoms with van der Waals surface area (Å²) in [6.45, 7) is 3.05. The van der Waals surface area contributed by atoms with Crippen LogP contribution in [0.1, 0.15) is 19.4 Å². The maximum Gasteiger partial charge on any atom is 0.407 e. The third-order valence-corrected chi connectivity index (χ3v) is 7.56. The van der Waals surface area contributed by atoms with Gasteiger partial charge in [0.15, 0.2) is 9.84 Å². The number of methoxy groups -OCH3 is 1. The van der Waals surface area contributed by atoms with Crippen molar-refractivity contribution in [3.8, 4) is 0 Å². The first kappa shape index (κ1) is 29.5. The van der Waals surface area contributed by atoms with E-state index in [0.29, 0.717) is 11.4 Å². The molecule has 2 aromatic carbocycles. The molecule has 1 aliphatic heterocycles. The van der Waals surface area contributed by atoms with E-state index in [1.165, 1.54) is 16.7 Å². The summed E-state index contributed by atoms with van der Waals surface area (Å²) in [5.41, 5.74) is 2.18. The van der Waals surface area contributed by atoms with E-state index in [9.17, 15) is 27.6 Å². The molecule has 2 heterocycles. The fourth-order valence-electron chi connectivity index (χ4n) is 4.80. The highest BCUT2D eigenvalue weighted by molar-refractivity contribution is 7.91. The minimum Gasteiger partial charge on any atom is -0.453 e. The van der Waals surface area contributed by atoms with Crippen molar-refractivity contribution in [2.24, 2.45) is 0 Å². The normalized spacial score (nSPS) is 17.8. The lowest BCUT2D eigenvalue weighted by atomic mass is 10.1. The van der Waals surface area contributed by atoms with Crippen LogP contribution in [-0.2, 0) is 35.5 Å². The van der Waals surface area contributed by atoms with Crippen LogP contribution in [0.4, 0.5) is 16.2 Å². The highest BCUT2D eigenvalue weighted by Gasteiger charge is 2.43. The molecule has 0 unspecified atom stereocenters. The zero-order valence-electron chi connectivity index (χ0n) is 23.0. The average Bonchev–Trinajstić information content (AvgIpc) is 3.01. The number of pyridine rings is 1. The average molecular weight is 582 g/mol. The first-order valence-electron chi connectivity index (χ1n) is 12.8. The topological polar surface area (TPSA) is 155 Å². The molecule has 4 amide bonds. The number of nitrogens with one attached hydrogen (secondary N) is 2. The third kappa shape index (κ3) is 6.46. The number of amides is 4. The monoisotopic (exact) mass is 581 g/mol. The van der Waals surface area contributed by atoms with Gasteiger partial charge in [0.05, 0.1) is 36.6 Å². The Bertz CT molecular complexity index is 1600. The van der Waals surface area contributed by atoms with Gasteiger partial charge in [-0.3, -0.25) is 19.4 Å². The van der Waals surface area contributed by atoms with Crippen molar-refractivity contribution in [3.63, 3.8) is 0 Å². The number of anilines is 2. The highest BCUT2D eigenvalue weighted by Crippen LogP contribution is 2.37. The number of aromatic nitrogens is 1. The Morgan fingerprint density at radius 1 is 1.05 bits per heavy atom. The number of fused-ring (bicyclic) bond motifs is 2. The summed E-state index contributed by atoms with van der Waals surface area (Å²) < 4.78 is 28.8. The molecule has 4 rings (SSSR count). The van der Waals surface area contributed by atoms with Gasteiger partial charge in [-0.05, 0) is 43.7 Å². The number of sulfone groups is 1. The standard InChI is InChI=1S/C28H31N5O7S/c1-17(30-28(37)40-3)26(35)31-25-18(2)33(24(34)16-41(4,38)39)23-12-8-7-11-22(23)32(27(25)36)15-19-13-14-29-21-10-6-5-9-20(19)21/h5-14,17-18,25H,15-16H2,1-4H3,(H,30,37)(H,31,35)/t17-,18-,25-/m0/s1. The Morgan fingerprint density at radius 2 is 1.71 bits per heavy atom. The van der Waals surface area contributed by atoms with Crippen molar-refractivity contribution < 1.29 is 32.3 Å². The lowest BCUT2D eigenvalue weighted by molar-refractivity contribution is -0.129. The number of carbonyl (C=O) groups is 4. The van der Waals surface area contributed by atoms with Crippen LogP contribution in [-0.4, -0.2) is 74.5 Å². The van der Waals surface area contributed by atoms with Crippen LogP contribution in [0, 0.1) is 0 Å². The van der Waals surface area contributed by atoms with Gasteiger partial charge in [-0.2, -0.15) is 0 Å². The smallest absolute Gasteiger partial charge is 0.407 e. The van der Waals surface area contributed by atoms with Gasteiger partial charge in [-0.15, -0.1) is 0 Å². The Morgan fingerprint density at radius 3 is 2.39 bits per heavy atom. The van der Waals surface area contributed by atoms with E-state index in [1.807, 2.05) is 24.3 Å². The lowest BCUT2D eigenvalue weighted by Crippen LogP contribution is -2.60. The van der Waals surface area contributed by atoms with Gasteiger partial charge in [0, 0.05) is 17.8 Å². The molecule has 3 aromatic rings. The Balaban J connectivity index is 1.82. The zero-order valence-corrected chi connectivity index (χ0v) is 23.8. The van der Waals surface area contributed by atoms with E-state index in [4.69, 9.17) is 0 Å². The van der Waals surface area contributed by atoms with Crippen LogP contribution >= 0.6 is 0 Å². The molecule has 0 bridgehead atoms. The van der Waals surface area contributed by atoms with Gasteiger partial charge >= 0.3 is 6.09 Å². The molecule has 216 valence electrons. The Labute approximate surface area is 237 Å². The van der Waals surface area contributed by atoms with E-state index in [1.54, 1.807) is 43.5 Å². The van der Waals surface area contributed by atoms with Crippen molar-refractivity contribution in [3.05, 3.63) is 66.4 Å². The maximum absolute atomic E-state index is 14.3. The number of nitrogens with zero attached hydrogens (tertiary/aromatic N) is 3. The molecule has 1 aliphatic rings. The van der Waals surface area contributed by atoms with Crippen molar-refractivity contribution in [2.75, 3.05) is 28.9 Å². The van der Waals surface area contributed by atoms with Crippen molar-refractivity contribution in [1.82, 2.24) is 15.6 Å². The van der Waals surface area contributed by atoms with Crippen LogP contribution in [0.5, 0.6) is 0 Å². The lowest BCUT2D eigenvalue weighted by Gasteiger charge is -2.32. The number of rotatable bonds is 7. The molecule has 3 atom stereocenters. The van der Waals surface area contributed by atoms with Gasteiger partial charge in [0.25, 0.3) is 5.91 Å². The summed E-state index contributed by atoms with van der Waals surface area (Å²) in [6.07, 6.45) is 1.75. The molecule has 0 saturated heterocycles. The van der Waals surface area contributed by atoms with Crippen LogP contribution < -0.4 is 20.4 Å². The van der Waals surface area contributed by atoms with Crippen molar-refractivity contribution in [2.45, 2.75) is 38.5 Å². The van der Waals surface area contributed by atoms with E-state index in [-0.39, 0.29) is 6.54 Å². The van der Waals surface area contributed by atoms with E-state index in [2.05, 4.69) is 20.4 Å². The van der Waals surface area contributed by atoms with Crippen LogP contribution in [0.3, 0.4) is 0 Å². The number of hydrogen-bond acceptors (Lipinski definition) is 8. The number of hydrogen-bond donors (Lipinski definition) is 2. The summed E-state index contributed by atoms with van der Waals surface area (Å²) in [4.78, 5) is 59.6. The fraction of sp³-hybridized carbons (Fsp3) is 0.321. The first-order valence-corrected chi connectivity index (χ1v) is 14.8. The largest absolute Gasteiger partial charge is 0.453 e. The second-order valence-corrected chi connectivity index (χ2v) is 12.0. The second-order valence-electron chi connectivity index (χ2n) is 9.82. The van der Waals surface area contributed by atoms with Gasteiger partial charge in [-0.1, -0.05) is 30.3 Å². The number of alkyl carbamates (subject to hydrolysis) is 1. The zero-order chi connectivity index (χ0) is 29.9. The number of carbonyl (C=O) groups excluding carboxylic acids is 4. The van der Waals surface area contributed by atoms with E-state index in [0.717, 1.165) is 29.8 Å². The summed E-state index contributed by atoms with van der Waals surface area (Å²) in [5, 5.41) is 5.84. The van der Waals surface area contributed by atoms with Gasteiger partial charge in [-0.25, -0.2) is 13.2 Å². The first-order chi connectivity index (χ1) is 19.4. The predicted molar refractivity (Wildman–Crippen MR) is 153 cm³/mol. The predicted octanol–water partition coefficient (Wildman–Crippen LogP) is 1.78. The molecular weight excluding hydrogens is 550 g/mol. The summed E-state index contributed by atoms with van der Waals surface area (Å²) in [6, 6.07) is 12.5. The summed E-state index contributed by atoms with van der Waals surface area (Å²) in [5.74, 6) is -2.78.